The quantitative estimate of drug-likeness (QED) is 0.0134. The molecular weight excluding hydrogens is 1820 g/mol. The number of aliphatic hydroxyl groups is 1. The summed E-state index contributed by atoms with van der Waals surface area (Å²) < 4.78 is 142. The third-order valence-electron chi connectivity index (χ3n) is 19.7. The minimum absolute atomic E-state index is 0.00198. The normalized spacial score (nSPS) is 12.3. The van der Waals surface area contributed by atoms with E-state index in [-0.39, 0.29) is 69.2 Å². The van der Waals surface area contributed by atoms with Gasteiger partial charge in [-0.2, -0.15) is 130 Å². The molecule has 0 aliphatic rings. The third-order valence-corrected chi connectivity index (χ3v) is 23.2. The van der Waals surface area contributed by atoms with Crippen LogP contribution in [0.1, 0.15) is 50.6 Å². The molecule has 0 radical (unpaired) electrons. The van der Waals surface area contributed by atoms with Gasteiger partial charge >= 0.3 is 0 Å². The van der Waals surface area contributed by atoms with Gasteiger partial charge in [0.15, 0.2) is 0 Å². The van der Waals surface area contributed by atoms with Crippen molar-refractivity contribution in [2.75, 3.05) is 28.4 Å². The summed E-state index contributed by atoms with van der Waals surface area (Å²) in [6, 6.07) is 73.9. The third kappa shape index (κ3) is 25.5. The number of hydrogen-bond acceptors (Lipinski definition) is 36. The molecule has 13 aromatic carbocycles. The Kier molecular flexibility index (Phi) is 28.9. The Morgan fingerprint density at radius 2 is 0.625 bits per heavy atom. The largest absolute Gasteiger partial charge is 0.496 e. The number of nitrogens with one attached hydrogen (secondary N) is 4. The maximum absolute atomic E-state index is 12.8. The number of anilines is 8. The zero-order valence-electron chi connectivity index (χ0n) is 72.1. The molecule has 0 aliphatic heterocycles. The van der Waals surface area contributed by atoms with Gasteiger partial charge in [0, 0.05) is 52.8 Å². The lowest BCUT2D eigenvalue weighted by molar-refractivity contribution is 0.282. The Morgan fingerprint density at radius 1 is 0.279 bits per heavy atom. The van der Waals surface area contributed by atoms with Crippen LogP contribution in [0.25, 0.3) is 0 Å². The Balaban J connectivity index is 0.715. The molecule has 0 saturated carbocycles. The Labute approximate surface area is 777 Å². The van der Waals surface area contributed by atoms with E-state index in [1.54, 1.807) is 178 Å². The number of nitrogens with zero attached hydrogens (tertiary/aromatic N) is 22. The van der Waals surface area contributed by atoms with Crippen LogP contribution in [0.5, 0.6) is 5.75 Å². The zero-order chi connectivity index (χ0) is 95.7. The maximum Gasteiger partial charge on any atom is 0.296 e. The number of aryl methyl sites for hydroxylation is 4. The standard InChI is InChI=1S/C92H76N26O14S4/c1-55-43-59(19-39-77(55)113-109-66-24-20-64(21-25-66)105-107-68-28-35-75(36-29-68)133(120,121)122)47-87-97-88(49-60-44-56(2)82(53-84(60)132-5)118-116-80-42-34-74(52-86(80)136(129,130)131)112-104-63-15-10-7-11-16-63)99-89(98-87)93-70-17-12-18-71(50-70)94-90-100-91(95-72-32-40-78(57(3)45-72)114-115-79-41-33-73(51-85(79)135(126,127)128)111-103-62-13-8-6-9-14-62)102-92(101-90)96-83-46-58(4)81(48-61(83)54-119)117-110-67-26-22-65(23-27-67)106-108-69-30-37-76(38-31-69)134(123,124)125/h6-46,48,50-53,119H,47,49,54H2,1-5H3,(H,120,121,122)(H,123,124,125)(H,126,127,128)(H,129,130,131)(H,93,97,98,99)(H3,94,95,96,100,101,102). The fourth-order valence-corrected chi connectivity index (χ4v) is 15.2. The van der Waals surface area contributed by atoms with Crippen molar-refractivity contribution in [1.29, 1.82) is 0 Å². The molecule has 682 valence electrons. The molecule has 0 unspecified atom stereocenters. The second-order valence-corrected chi connectivity index (χ2v) is 35.4. The van der Waals surface area contributed by atoms with Crippen LogP contribution in [-0.4, -0.2) is 94.0 Å². The highest BCUT2D eigenvalue weighted by Crippen LogP contribution is 2.40. The highest BCUT2D eigenvalue weighted by Gasteiger charge is 2.23. The van der Waals surface area contributed by atoms with Crippen LogP contribution in [0.15, 0.2) is 380 Å². The van der Waals surface area contributed by atoms with Crippen molar-refractivity contribution in [1.82, 2.24) is 29.9 Å². The minimum Gasteiger partial charge on any atom is -0.496 e. The van der Waals surface area contributed by atoms with Crippen molar-refractivity contribution >= 4 is 178 Å². The number of aromatic nitrogens is 6. The van der Waals surface area contributed by atoms with Gasteiger partial charge in [0.05, 0.1) is 103 Å². The van der Waals surface area contributed by atoms with Gasteiger partial charge in [0.1, 0.15) is 38.6 Å². The van der Waals surface area contributed by atoms with Crippen molar-refractivity contribution in [2.24, 2.45) is 81.8 Å². The lowest BCUT2D eigenvalue weighted by Gasteiger charge is -2.15. The molecule has 9 N–H and O–H groups in total. The molecule has 2 heterocycles. The van der Waals surface area contributed by atoms with E-state index in [1.165, 1.54) is 79.9 Å². The summed E-state index contributed by atoms with van der Waals surface area (Å²) in [6.45, 7) is 6.73. The molecule has 15 rings (SSSR count). The first-order chi connectivity index (χ1) is 65.3. The molecule has 44 heteroatoms. The van der Waals surface area contributed by atoms with Crippen molar-refractivity contribution in [3.05, 3.63) is 330 Å². The van der Waals surface area contributed by atoms with E-state index in [0.717, 1.165) is 23.3 Å². The van der Waals surface area contributed by atoms with E-state index in [4.69, 9.17) is 34.6 Å². The number of rotatable bonds is 34. The summed E-state index contributed by atoms with van der Waals surface area (Å²) in [6.07, 6.45) is 0.266. The van der Waals surface area contributed by atoms with Gasteiger partial charge in [0.25, 0.3) is 40.5 Å². The molecule has 0 atom stereocenters. The predicted octanol–water partition coefficient (Wildman–Crippen LogP) is 25.3. The van der Waals surface area contributed by atoms with Gasteiger partial charge in [-0.15, -0.1) is 10.2 Å². The molecule has 40 nitrogen and oxygen atoms in total. The molecule has 0 aliphatic carbocycles. The summed E-state index contributed by atoms with van der Waals surface area (Å²) in [4.78, 5) is 27.7. The van der Waals surface area contributed by atoms with Crippen LogP contribution >= 0.6 is 0 Å². The first-order valence-electron chi connectivity index (χ1n) is 40.6. The van der Waals surface area contributed by atoms with Gasteiger partial charge in [0.2, 0.25) is 23.8 Å². The van der Waals surface area contributed by atoms with Crippen LogP contribution in [-0.2, 0) is 59.9 Å². The van der Waals surface area contributed by atoms with Crippen molar-refractivity contribution in [3.8, 4) is 5.75 Å². The molecular formula is C92H76N26O14S4. The average molecular weight is 1900 g/mol. The highest BCUT2D eigenvalue weighted by molar-refractivity contribution is 7.86. The van der Waals surface area contributed by atoms with Crippen molar-refractivity contribution < 1.29 is 61.7 Å². The number of azo groups is 8. The molecule has 0 fully saturated rings. The molecule has 136 heavy (non-hydrogen) atoms. The van der Waals surface area contributed by atoms with Crippen molar-refractivity contribution in [3.63, 3.8) is 0 Å². The van der Waals surface area contributed by atoms with E-state index in [1.807, 2.05) is 43.3 Å². The van der Waals surface area contributed by atoms with Crippen molar-refractivity contribution in [2.45, 2.75) is 66.7 Å². The Morgan fingerprint density at radius 3 is 1.07 bits per heavy atom. The fourth-order valence-electron chi connectivity index (χ4n) is 13.0. The van der Waals surface area contributed by atoms with Gasteiger partial charge in [-0.05, 0) is 274 Å². The lowest BCUT2D eigenvalue weighted by Crippen LogP contribution is -2.10. The van der Waals surface area contributed by atoms with Gasteiger partial charge in [-0.1, -0.05) is 54.6 Å². The number of aliphatic hydroxyl groups excluding tert-OH is 1. The first kappa shape index (κ1) is 93.9. The number of hydrogen-bond donors (Lipinski definition) is 9. The van der Waals surface area contributed by atoms with E-state index >= 15 is 0 Å². The molecule has 0 saturated heterocycles. The molecule has 0 bridgehead atoms. The van der Waals surface area contributed by atoms with Crippen LogP contribution in [0, 0.1) is 27.7 Å². The van der Waals surface area contributed by atoms with Crippen LogP contribution < -0.4 is 26.0 Å². The molecule has 0 spiro atoms. The monoisotopic (exact) mass is 1900 g/mol. The number of benzene rings is 13. The summed E-state index contributed by atoms with van der Waals surface area (Å²) in [7, 11) is -17.0. The average Bonchev–Trinajstić information content (AvgIpc) is 0.806. The van der Waals surface area contributed by atoms with Crippen LogP contribution in [0.2, 0.25) is 0 Å². The van der Waals surface area contributed by atoms with E-state index < -0.39 is 56.9 Å². The summed E-state index contributed by atoms with van der Waals surface area (Å²) in [5.41, 5.74) is 11.3. The van der Waals surface area contributed by atoms with Gasteiger partial charge < -0.3 is 31.1 Å². The summed E-state index contributed by atoms with van der Waals surface area (Å²) in [5.74, 6) is 1.16. The SMILES string of the molecule is COc1cc(N=Nc2ccc(N=Nc3ccccc3)cc2S(=O)(=O)O)c(C)cc1Cc1nc(Cc2ccc(N=Nc3ccc(N=Nc4ccc(S(=O)(=O)O)cc4)cc3)c(C)c2)nc(Nc2cccc(Nc3nc(Nc4ccc(N=Nc5ccc(N=Nc6ccccc6)cc5S(=O)(=O)O)c(C)c4)nc(Nc4cc(C)c(N=Nc5ccc(N=Nc6ccc(S(=O)(=O)O)cc6)cc5)cc4CO)n3)c2)n1. The number of methoxy groups -OCH3 is 1. The number of ether oxygens (including phenoxy) is 1. The zero-order valence-corrected chi connectivity index (χ0v) is 75.3. The molecule has 15 aromatic rings. The summed E-state index contributed by atoms with van der Waals surface area (Å²) >= 11 is 0. The topological polar surface area (TPSA) is 570 Å². The van der Waals surface area contributed by atoms with Gasteiger partial charge in [-0.25, -0.2) is 4.98 Å². The highest BCUT2D eigenvalue weighted by atomic mass is 32.2. The fraction of sp³-hybridized carbons (Fsp3) is 0.0870. The Hall–Kier alpha value is -16.7. The van der Waals surface area contributed by atoms with E-state index in [2.05, 4.69) is 103 Å². The lowest BCUT2D eigenvalue weighted by atomic mass is 10.0. The van der Waals surface area contributed by atoms with E-state index in [9.17, 15) is 57.0 Å². The first-order valence-corrected chi connectivity index (χ1v) is 46.4. The van der Waals surface area contributed by atoms with Gasteiger partial charge in [-0.3, -0.25) is 18.2 Å². The van der Waals surface area contributed by atoms with E-state index in [0.29, 0.717) is 136 Å². The van der Waals surface area contributed by atoms with Crippen LogP contribution in [0.3, 0.4) is 0 Å². The molecule has 0 amide bonds. The molecule has 2 aromatic heterocycles. The predicted molar refractivity (Wildman–Crippen MR) is 506 cm³/mol. The minimum atomic E-state index is -4.84. The maximum atomic E-state index is 12.8. The second-order valence-electron chi connectivity index (χ2n) is 29.8. The van der Waals surface area contributed by atoms with Crippen LogP contribution in [0.4, 0.5) is 138 Å². The summed E-state index contributed by atoms with van der Waals surface area (Å²) in [5, 5.41) is 92.6. The smallest absolute Gasteiger partial charge is 0.296 e. The Bertz CT molecular complexity index is 7770. The second kappa shape index (κ2) is 41.8.